The van der Waals surface area contributed by atoms with Gasteiger partial charge in [0, 0.05) is 10.4 Å². The molecule has 0 spiro atoms. The Balaban J connectivity index is 1.61. The third-order valence-corrected chi connectivity index (χ3v) is 4.25. The van der Waals surface area contributed by atoms with Gasteiger partial charge in [0.2, 0.25) is 0 Å². The van der Waals surface area contributed by atoms with Gasteiger partial charge in [-0.25, -0.2) is 0 Å². The number of para-hydroxylation sites is 1. The van der Waals surface area contributed by atoms with Crippen LogP contribution in [-0.2, 0) is 11.3 Å². The van der Waals surface area contributed by atoms with Gasteiger partial charge >= 0.3 is 0 Å². The number of hydrogen-bond acceptors (Lipinski definition) is 3. The molecule has 116 valence electrons. The summed E-state index contributed by atoms with van der Waals surface area (Å²) >= 11 is 1.62. The van der Waals surface area contributed by atoms with E-state index in [9.17, 15) is 4.79 Å². The molecule has 3 nitrogen and oxygen atoms in total. The van der Waals surface area contributed by atoms with Crippen molar-refractivity contribution in [1.82, 2.24) is 5.32 Å². The number of benzene rings is 2. The highest BCUT2D eigenvalue weighted by molar-refractivity contribution is 7.09. The molecule has 23 heavy (non-hydrogen) atoms. The molecular formula is C19H17NO2S. The summed E-state index contributed by atoms with van der Waals surface area (Å²) in [7, 11) is 0. The summed E-state index contributed by atoms with van der Waals surface area (Å²) in [6.45, 7) is 0.551. The van der Waals surface area contributed by atoms with Crippen LogP contribution in [0.4, 0.5) is 0 Å². The monoisotopic (exact) mass is 323 g/mol. The van der Waals surface area contributed by atoms with E-state index in [1.807, 2.05) is 72.1 Å². The second-order valence-electron chi connectivity index (χ2n) is 5.01. The van der Waals surface area contributed by atoms with Crippen LogP contribution in [-0.4, -0.2) is 12.5 Å². The molecule has 0 radical (unpaired) electrons. The van der Waals surface area contributed by atoms with Crippen LogP contribution in [0.5, 0.6) is 5.75 Å². The van der Waals surface area contributed by atoms with Crippen molar-refractivity contribution in [1.29, 1.82) is 0 Å². The molecular weight excluding hydrogens is 306 g/mol. The molecule has 1 amide bonds. The van der Waals surface area contributed by atoms with Gasteiger partial charge in [-0.1, -0.05) is 54.6 Å². The Hall–Kier alpha value is -2.59. The molecule has 3 aromatic rings. The molecule has 0 aliphatic rings. The molecule has 0 fully saturated rings. The van der Waals surface area contributed by atoms with E-state index in [-0.39, 0.29) is 12.5 Å². The number of nitrogens with one attached hydrogen (secondary N) is 1. The highest BCUT2D eigenvalue weighted by Gasteiger charge is 2.08. The number of thiophene rings is 1. The third kappa shape index (κ3) is 4.20. The first-order chi connectivity index (χ1) is 11.3. The highest BCUT2D eigenvalue weighted by Crippen LogP contribution is 2.29. The van der Waals surface area contributed by atoms with Crippen molar-refractivity contribution in [2.75, 3.05) is 6.61 Å². The second-order valence-corrected chi connectivity index (χ2v) is 6.04. The molecule has 1 heterocycles. The predicted octanol–water partition coefficient (Wildman–Crippen LogP) is 4.11. The minimum atomic E-state index is -0.124. The summed E-state index contributed by atoms with van der Waals surface area (Å²) in [5.74, 6) is 0.589. The zero-order valence-corrected chi connectivity index (χ0v) is 13.4. The summed E-state index contributed by atoms with van der Waals surface area (Å²) in [6.07, 6.45) is 0. The number of ether oxygens (including phenoxy) is 1. The lowest BCUT2D eigenvalue weighted by Crippen LogP contribution is -2.28. The van der Waals surface area contributed by atoms with Gasteiger partial charge in [-0.05, 0) is 23.1 Å². The van der Waals surface area contributed by atoms with Gasteiger partial charge in [-0.3, -0.25) is 4.79 Å². The maximum Gasteiger partial charge on any atom is 0.258 e. The summed E-state index contributed by atoms with van der Waals surface area (Å²) < 4.78 is 5.71. The quantitative estimate of drug-likeness (QED) is 0.741. The van der Waals surface area contributed by atoms with E-state index in [0.29, 0.717) is 12.3 Å². The largest absolute Gasteiger partial charge is 0.483 e. The first-order valence-electron chi connectivity index (χ1n) is 7.39. The number of rotatable bonds is 6. The minimum absolute atomic E-state index is 0.00915. The maximum absolute atomic E-state index is 11.9. The van der Waals surface area contributed by atoms with Crippen LogP contribution < -0.4 is 10.1 Å². The van der Waals surface area contributed by atoms with Crippen molar-refractivity contribution in [3.8, 4) is 16.9 Å². The molecule has 4 heteroatoms. The van der Waals surface area contributed by atoms with Gasteiger partial charge < -0.3 is 10.1 Å². The van der Waals surface area contributed by atoms with Gasteiger partial charge in [0.1, 0.15) is 5.75 Å². The lowest BCUT2D eigenvalue weighted by Gasteiger charge is -2.11. The molecule has 1 N–H and O–H groups in total. The second kappa shape index (κ2) is 7.61. The number of carbonyl (C=O) groups is 1. The average Bonchev–Trinajstić information content (AvgIpc) is 3.13. The first kappa shape index (κ1) is 15.3. The van der Waals surface area contributed by atoms with Crippen molar-refractivity contribution >= 4 is 17.2 Å². The van der Waals surface area contributed by atoms with Crippen molar-refractivity contribution in [2.45, 2.75) is 6.54 Å². The van der Waals surface area contributed by atoms with E-state index in [2.05, 4.69) is 5.32 Å². The number of amides is 1. The fourth-order valence-electron chi connectivity index (χ4n) is 2.24. The van der Waals surface area contributed by atoms with Crippen LogP contribution in [0.25, 0.3) is 11.1 Å². The molecule has 0 unspecified atom stereocenters. The average molecular weight is 323 g/mol. The summed E-state index contributed by atoms with van der Waals surface area (Å²) in [4.78, 5) is 13.1. The molecule has 0 saturated heterocycles. The van der Waals surface area contributed by atoms with E-state index in [4.69, 9.17) is 4.74 Å². The first-order valence-corrected chi connectivity index (χ1v) is 8.27. The number of hydrogen-bond donors (Lipinski definition) is 1. The minimum Gasteiger partial charge on any atom is -0.483 e. The van der Waals surface area contributed by atoms with E-state index < -0.39 is 0 Å². The van der Waals surface area contributed by atoms with Gasteiger partial charge in [-0.15, -0.1) is 11.3 Å². The van der Waals surface area contributed by atoms with Gasteiger partial charge in [0.25, 0.3) is 5.91 Å². The summed E-state index contributed by atoms with van der Waals surface area (Å²) in [5.41, 5.74) is 2.06. The van der Waals surface area contributed by atoms with E-state index in [1.54, 1.807) is 11.3 Å². The van der Waals surface area contributed by atoms with Crippen molar-refractivity contribution in [3.05, 3.63) is 77.0 Å². The molecule has 2 aromatic carbocycles. The topological polar surface area (TPSA) is 38.3 Å². The normalized spacial score (nSPS) is 10.3. The van der Waals surface area contributed by atoms with Crippen LogP contribution >= 0.6 is 11.3 Å². The standard InChI is InChI=1S/C19H17NO2S/c21-19(20-13-16-9-6-12-23-16)14-22-18-11-5-4-10-17(18)15-7-2-1-3-8-15/h1-12H,13-14H2,(H,20,21). The van der Waals surface area contributed by atoms with Gasteiger partial charge in [0.15, 0.2) is 6.61 Å². The highest BCUT2D eigenvalue weighted by atomic mass is 32.1. The Kier molecular flexibility index (Phi) is 5.06. The van der Waals surface area contributed by atoms with Crippen LogP contribution in [0.1, 0.15) is 4.88 Å². The third-order valence-electron chi connectivity index (χ3n) is 3.37. The van der Waals surface area contributed by atoms with Crippen LogP contribution in [0.2, 0.25) is 0 Å². The van der Waals surface area contributed by atoms with Crippen molar-refractivity contribution < 1.29 is 9.53 Å². The summed E-state index contributed by atoms with van der Waals surface area (Å²) in [6, 6.07) is 21.7. The molecule has 3 rings (SSSR count). The van der Waals surface area contributed by atoms with Crippen LogP contribution in [0.3, 0.4) is 0 Å². The summed E-state index contributed by atoms with van der Waals surface area (Å²) in [5, 5.41) is 4.86. The lowest BCUT2D eigenvalue weighted by molar-refractivity contribution is -0.123. The fourth-order valence-corrected chi connectivity index (χ4v) is 2.89. The van der Waals surface area contributed by atoms with Crippen LogP contribution in [0.15, 0.2) is 72.1 Å². The Morgan fingerprint density at radius 1 is 0.957 bits per heavy atom. The molecule has 0 saturated carbocycles. The Labute approximate surface area is 139 Å². The van der Waals surface area contributed by atoms with Gasteiger partial charge in [-0.2, -0.15) is 0 Å². The van der Waals surface area contributed by atoms with E-state index >= 15 is 0 Å². The predicted molar refractivity (Wildman–Crippen MR) is 93.5 cm³/mol. The Morgan fingerprint density at radius 2 is 1.74 bits per heavy atom. The maximum atomic E-state index is 11.9. The molecule has 0 aliphatic heterocycles. The van der Waals surface area contributed by atoms with Gasteiger partial charge in [0.05, 0.1) is 6.54 Å². The Bertz CT molecular complexity index is 754. The molecule has 1 aromatic heterocycles. The van der Waals surface area contributed by atoms with Crippen molar-refractivity contribution in [3.63, 3.8) is 0 Å². The molecule has 0 bridgehead atoms. The lowest BCUT2D eigenvalue weighted by atomic mass is 10.1. The van der Waals surface area contributed by atoms with Crippen molar-refractivity contribution in [2.24, 2.45) is 0 Å². The SMILES string of the molecule is O=C(COc1ccccc1-c1ccccc1)NCc1cccs1. The smallest absolute Gasteiger partial charge is 0.258 e. The molecule has 0 aliphatic carbocycles. The Morgan fingerprint density at radius 3 is 2.52 bits per heavy atom. The van der Waals surface area contributed by atoms with E-state index in [0.717, 1.165) is 16.0 Å². The zero-order valence-electron chi connectivity index (χ0n) is 12.6. The van der Waals surface area contributed by atoms with Crippen LogP contribution in [0, 0.1) is 0 Å². The molecule has 0 atom stereocenters. The zero-order chi connectivity index (χ0) is 15.9. The fraction of sp³-hybridized carbons (Fsp3) is 0.105. The van der Waals surface area contributed by atoms with E-state index in [1.165, 1.54) is 0 Å². The number of carbonyl (C=O) groups excluding carboxylic acids is 1.